The van der Waals surface area contributed by atoms with Crippen LogP contribution in [0.5, 0.6) is 5.75 Å². The molecule has 180 valence electrons. The lowest BCUT2D eigenvalue weighted by Gasteiger charge is -2.21. The number of carbonyl (C=O) groups is 2. The molecule has 4 rings (SSSR count). The number of alkyl halides is 3. The average Bonchev–Trinajstić information content (AvgIpc) is 3.23. The number of rotatable bonds is 6. The van der Waals surface area contributed by atoms with Gasteiger partial charge in [-0.25, -0.2) is 13.9 Å². The first-order valence-electron chi connectivity index (χ1n) is 10.1. The van der Waals surface area contributed by atoms with Gasteiger partial charge in [0.2, 0.25) is 11.8 Å². The van der Waals surface area contributed by atoms with E-state index in [1.165, 1.54) is 30.2 Å². The summed E-state index contributed by atoms with van der Waals surface area (Å²) in [5.74, 6) is -2.56. The lowest BCUT2D eigenvalue weighted by atomic mass is 10.1. The number of ether oxygens (including phenoxy) is 1. The molecule has 0 bridgehead atoms. The van der Waals surface area contributed by atoms with Crippen LogP contribution in [0.3, 0.4) is 0 Å². The molecule has 2 amide bonds. The van der Waals surface area contributed by atoms with Crippen molar-refractivity contribution in [2.45, 2.75) is 19.7 Å². The number of carbonyl (C=O) groups excluding carboxylic acids is 2. The minimum absolute atomic E-state index is 0.157. The highest BCUT2D eigenvalue weighted by molar-refractivity contribution is 5.99. The normalized spacial score (nSPS) is 11.3. The monoisotopic (exact) mass is 487 g/mol. The summed E-state index contributed by atoms with van der Waals surface area (Å²) in [5, 5.41) is 6.65. The molecule has 1 N–H and O–H groups in total. The van der Waals surface area contributed by atoms with Gasteiger partial charge in [-0.05, 0) is 30.3 Å². The molecule has 4 aromatic rings. The highest BCUT2D eigenvalue weighted by Gasteiger charge is 2.32. The summed E-state index contributed by atoms with van der Waals surface area (Å²) in [6, 6.07) is 10.6. The Bertz CT molecular complexity index is 1400. The first-order valence-corrected chi connectivity index (χ1v) is 10.1. The number of halogens is 4. The second-order valence-corrected chi connectivity index (χ2v) is 7.37. The van der Waals surface area contributed by atoms with Gasteiger partial charge in [-0.2, -0.15) is 5.10 Å². The second kappa shape index (κ2) is 9.41. The van der Waals surface area contributed by atoms with Gasteiger partial charge in [0, 0.05) is 48.9 Å². The summed E-state index contributed by atoms with van der Waals surface area (Å²) in [5.41, 5.74) is 1.35. The van der Waals surface area contributed by atoms with E-state index in [1.54, 1.807) is 35.1 Å². The molecule has 0 aliphatic heterocycles. The molecule has 8 nitrogen and oxygen atoms in total. The van der Waals surface area contributed by atoms with Crippen molar-refractivity contribution < 1.29 is 31.9 Å². The lowest BCUT2D eigenvalue weighted by Crippen LogP contribution is -2.24. The quantitative estimate of drug-likeness (QED) is 0.401. The summed E-state index contributed by atoms with van der Waals surface area (Å²) in [7, 11) is 0. The standard InChI is InChI=1S/C23H17F4N5O3/c1-14(33)32(19-6-9-31-18(13-19)5-8-29-31)21-12-17(4-7-28-21)30-22(34)10-15-2-3-16(24)11-20(15)35-23(25,26)27/h2-9,11-13H,10H2,1H3,(H,28,30,34). The number of aromatic nitrogens is 3. The number of fused-ring (bicyclic) bond motifs is 1. The Morgan fingerprint density at radius 2 is 1.89 bits per heavy atom. The molecule has 0 spiro atoms. The van der Waals surface area contributed by atoms with Crippen molar-refractivity contribution in [3.63, 3.8) is 0 Å². The molecule has 1 aromatic carbocycles. The zero-order valence-corrected chi connectivity index (χ0v) is 18.1. The van der Waals surface area contributed by atoms with E-state index in [9.17, 15) is 27.2 Å². The Labute approximate surface area is 195 Å². The van der Waals surface area contributed by atoms with Crippen LogP contribution >= 0.6 is 0 Å². The van der Waals surface area contributed by atoms with E-state index in [-0.39, 0.29) is 23.0 Å². The van der Waals surface area contributed by atoms with E-state index in [0.29, 0.717) is 11.8 Å². The molecule has 0 atom stereocenters. The van der Waals surface area contributed by atoms with Gasteiger partial charge in [-0.1, -0.05) is 6.07 Å². The Kier molecular flexibility index (Phi) is 6.36. The van der Waals surface area contributed by atoms with Crippen LogP contribution in [0.1, 0.15) is 12.5 Å². The number of hydrogen-bond donors (Lipinski definition) is 1. The molecule has 0 saturated heterocycles. The maximum absolute atomic E-state index is 13.4. The third kappa shape index (κ3) is 5.72. The number of benzene rings is 1. The number of pyridine rings is 2. The summed E-state index contributed by atoms with van der Waals surface area (Å²) in [4.78, 5) is 30.5. The fraction of sp³-hybridized carbons (Fsp3) is 0.130. The lowest BCUT2D eigenvalue weighted by molar-refractivity contribution is -0.275. The number of nitrogens with one attached hydrogen (secondary N) is 1. The highest BCUT2D eigenvalue weighted by atomic mass is 19.4. The number of hydrogen-bond acceptors (Lipinski definition) is 5. The van der Waals surface area contributed by atoms with Gasteiger partial charge in [-0.3, -0.25) is 14.5 Å². The van der Waals surface area contributed by atoms with Gasteiger partial charge in [0.15, 0.2) is 0 Å². The van der Waals surface area contributed by atoms with Crippen LogP contribution < -0.4 is 15.0 Å². The van der Waals surface area contributed by atoms with Crippen molar-refractivity contribution in [3.8, 4) is 5.75 Å². The minimum Gasteiger partial charge on any atom is -0.405 e. The smallest absolute Gasteiger partial charge is 0.405 e. The topological polar surface area (TPSA) is 88.8 Å². The Morgan fingerprint density at radius 3 is 2.63 bits per heavy atom. The first-order chi connectivity index (χ1) is 16.6. The van der Waals surface area contributed by atoms with Crippen molar-refractivity contribution in [3.05, 3.63) is 78.5 Å². The van der Waals surface area contributed by atoms with Crippen molar-refractivity contribution in [1.29, 1.82) is 0 Å². The van der Waals surface area contributed by atoms with Crippen molar-refractivity contribution >= 4 is 34.5 Å². The van der Waals surface area contributed by atoms with Crippen molar-refractivity contribution in [2.24, 2.45) is 0 Å². The molecule has 0 saturated carbocycles. The van der Waals surface area contributed by atoms with Crippen LogP contribution in [0.2, 0.25) is 0 Å². The zero-order valence-electron chi connectivity index (χ0n) is 18.1. The van der Waals surface area contributed by atoms with Crippen molar-refractivity contribution in [1.82, 2.24) is 14.6 Å². The summed E-state index contributed by atoms with van der Waals surface area (Å²) in [6.07, 6.45) is -0.908. The van der Waals surface area contributed by atoms with Gasteiger partial charge in [0.1, 0.15) is 17.4 Å². The van der Waals surface area contributed by atoms with Gasteiger partial charge < -0.3 is 10.1 Å². The van der Waals surface area contributed by atoms with Crippen LogP contribution in [0.25, 0.3) is 5.52 Å². The molecular formula is C23H17F4N5O3. The number of amides is 2. The Morgan fingerprint density at radius 1 is 1.09 bits per heavy atom. The minimum atomic E-state index is -5.05. The van der Waals surface area contributed by atoms with Crippen molar-refractivity contribution in [2.75, 3.05) is 10.2 Å². The first kappa shape index (κ1) is 23.7. The fourth-order valence-corrected chi connectivity index (χ4v) is 3.42. The third-order valence-electron chi connectivity index (χ3n) is 4.82. The summed E-state index contributed by atoms with van der Waals surface area (Å²) < 4.78 is 56.8. The third-order valence-corrected chi connectivity index (χ3v) is 4.82. The molecule has 0 aliphatic carbocycles. The average molecular weight is 487 g/mol. The molecular weight excluding hydrogens is 470 g/mol. The van der Waals surface area contributed by atoms with Crippen LogP contribution in [0.4, 0.5) is 34.8 Å². The van der Waals surface area contributed by atoms with E-state index < -0.39 is 30.3 Å². The zero-order chi connectivity index (χ0) is 25.2. The Balaban J connectivity index is 1.55. The molecule has 0 unspecified atom stereocenters. The highest BCUT2D eigenvalue weighted by Crippen LogP contribution is 2.29. The molecule has 35 heavy (non-hydrogen) atoms. The van der Waals surface area contributed by atoms with E-state index in [2.05, 4.69) is 20.1 Å². The summed E-state index contributed by atoms with van der Waals surface area (Å²) >= 11 is 0. The van der Waals surface area contributed by atoms with E-state index in [4.69, 9.17) is 0 Å². The van der Waals surface area contributed by atoms with Crippen LogP contribution in [0, 0.1) is 5.82 Å². The number of nitrogens with zero attached hydrogens (tertiary/aromatic N) is 4. The fourth-order valence-electron chi connectivity index (χ4n) is 3.42. The maximum Gasteiger partial charge on any atom is 0.573 e. The van der Waals surface area contributed by atoms with Crippen LogP contribution in [-0.2, 0) is 16.0 Å². The second-order valence-electron chi connectivity index (χ2n) is 7.37. The molecule has 3 aromatic heterocycles. The number of anilines is 3. The maximum atomic E-state index is 13.4. The van der Waals surface area contributed by atoms with E-state index in [0.717, 1.165) is 17.6 Å². The molecule has 0 fully saturated rings. The molecule has 0 aliphatic rings. The summed E-state index contributed by atoms with van der Waals surface area (Å²) in [6.45, 7) is 1.35. The van der Waals surface area contributed by atoms with Crippen LogP contribution in [0.15, 0.2) is 67.1 Å². The predicted octanol–water partition coefficient (Wildman–Crippen LogP) is 4.63. The van der Waals surface area contributed by atoms with Gasteiger partial charge >= 0.3 is 6.36 Å². The van der Waals surface area contributed by atoms with Gasteiger partial charge in [-0.15, -0.1) is 13.2 Å². The van der Waals surface area contributed by atoms with Gasteiger partial charge in [0.05, 0.1) is 17.6 Å². The molecule has 0 radical (unpaired) electrons. The Hall–Kier alpha value is -4.48. The molecule has 3 heterocycles. The van der Waals surface area contributed by atoms with E-state index >= 15 is 0 Å². The predicted molar refractivity (Wildman–Crippen MR) is 118 cm³/mol. The largest absolute Gasteiger partial charge is 0.573 e. The van der Waals surface area contributed by atoms with Crippen LogP contribution in [-0.4, -0.2) is 32.8 Å². The molecule has 12 heteroatoms. The SMILES string of the molecule is CC(=O)N(c1ccn2nccc2c1)c1cc(NC(=O)Cc2ccc(F)cc2OC(F)(F)F)ccn1. The van der Waals surface area contributed by atoms with E-state index in [1.807, 2.05) is 0 Å². The van der Waals surface area contributed by atoms with Gasteiger partial charge in [0.25, 0.3) is 0 Å².